The van der Waals surface area contributed by atoms with Gasteiger partial charge in [0, 0.05) is 38.6 Å². The number of nitrogens with zero attached hydrogens (tertiary/aromatic N) is 2. The number of carbonyl (C=O) groups excluding carboxylic acids is 1. The van der Waals surface area contributed by atoms with Gasteiger partial charge in [0.15, 0.2) is 0 Å². The second-order valence-corrected chi connectivity index (χ2v) is 7.06. The van der Waals surface area contributed by atoms with Crippen LogP contribution in [-0.4, -0.2) is 54.3 Å². The highest BCUT2D eigenvalue weighted by atomic mass is 16.5. The molecule has 2 aliphatic rings. The summed E-state index contributed by atoms with van der Waals surface area (Å²) in [4.78, 5) is 19.3. The minimum absolute atomic E-state index is 0.0136. The topological polar surface area (TPSA) is 51.7 Å². The van der Waals surface area contributed by atoms with Crippen LogP contribution >= 0.6 is 0 Å². The number of pyridine rings is 1. The lowest BCUT2D eigenvalue weighted by molar-refractivity contribution is -0.146. The number of rotatable bonds is 2. The minimum Gasteiger partial charge on any atom is -0.381 e. The number of likely N-dealkylation sites (tertiary alicyclic amines) is 1. The Morgan fingerprint density at radius 3 is 2.84 bits per heavy atom. The van der Waals surface area contributed by atoms with Gasteiger partial charge in [0.2, 0.25) is 0 Å². The van der Waals surface area contributed by atoms with Gasteiger partial charge in [-0.1, -0.05) is 24.3 Å². The van der Waals surface area contributed by atoms with Crippen LogP contribution in [0, 0.1) is 0 Å². The molecule has 1 amide bonds. The number of benzene rings is 1. The number of hydrogen-bond donors (Lipinski definition) is 0. The first-order valence-corrected chi connectivity index (χ1v) is 9.01. The van der Waals surface area contributed by atoms with E-state index in [9.17, 15) is 4.79 Å². The Hall–Kier alpha value is -1.98. The monoisotopic (exact) mass is 340 g/mol. The second-order valence-electron chi connectivity index (χ2n) is 7.06. The molecule has 0 radical (unpaired) electrons. The number of ether oxygens (including phenoxy) is 2. The molecule has 3 heterocycles. The van der Waals surface area contributed by atoms with Crippen molar-refractivity contribution in [1.29, 1.82) is 0 Å². The predicted molar refractivity (Wildman–Crippen MR) is 95.6 cm³/mol. The van der Waals surface area contributed by atoms with Crippen molar-refractivity contribution in [3.63, 3.8) is 0 Å². The van der Waals surface area contributed by atoms with E-state index in [-0.39, 0.29) is 17.6 Å². The van der Waals surface area contributed by atoms with E-state index in [0.29, 0.717) is 18.8 Å². The van der Waals surface area contributed by atoms with Gasteiger partial charge >= 0.3 is 0 Å². The quantitative estimate of drug-likeness (QED) is 0.843. The van der Waals surface area contributed by atoms with E-state index in [4.69, 9.17) is 9.47 Å². The van der Waals surface area contributed by atoms with Gasteiger partial charge in [-0.05, 0) is 31.4 Å². The van der Waals surface area contributed by atoms with Crippen LogP contribution < -0.4 is 0 Å². The zero-order valence-electron chi connectivity index (χ0n) is 14.6. The predicted octanol–water partition coefficient (Wildman–Crippen LogP) is 3.04. The summed E-state index contributed by atoms with van der Waals surface area (Å²) in [5.74, 6) is 0.0136. The summed E-state index contributed by atoms with van der Waals surface area (Å²) in [5.41, 5.74) is 1.27. The van der Waals surface area contributed by atoms with Gasteiger partial charge in [-0.3, -0.25) is 4.79 Å². The van der Waals surface area contributed by atoms with E-state index < -0.39 is 0 Å². The summed E-state index contributed by atoms with van der Waals surface area (Å²) in [6, 6.07) is 11.7. The van der Waals surface area contributed by atoms with Crippen LogP contribution in [0.1, 0.15) is 36.2 Å². The first-order chi connectivity index (χ1) is 12.2. The molecule has 0 bridgehead atoms. The van der Waals surface area contributed by atoms with Gasteiger partial charge < -0.3 is 14.4 Å². The molecular formula is C20H24N2O3. The molecule has 0 saturated carbocycles. The van der Waals surface area contributed by atoms with Crippen molar-refractivity contribution in [2.45, 2.75) is 37.4 Å². The van der Waals surface area contributed by atoms with Crippen molar-refractivity contribution < 1.29 is 14.3 Å². The molecule has 4 rings (SSSR count). The number of hydrogen-bond acceptors (Lipinski definition) is 4. The number of aromatic nitrogens is 1. The Balaban J connectivity index is 1.45. The first-order valence-electron chi connectivity index (χ1n) is 9.01. The molecule has 2 aromatic rings. The molecule has 1 aromatic heterocycles. The maximum atomic E-state index is 12.8. The Morgan fingerprint density at radius 1 is 1.24 bits per heavy atom. The summed E-state index contributed by atoms with van der Waals surface area (Å²) >= 11 is 0. The third-order valence-corrected chi connectivity index (χ3v) is 5.56. The molecule has 5 heteroatoms. The van der Waals surface area contributed by atoms with E-state index >= 15 is 0 Å². The molecule has 25 heavy (non-hydrogen) atoms. The lowest BCUT2D eigenvalue weighted by atomic mass is 9.83. The first kappa shape index (κ1) is 16.5. The van der Waals surface area contributed by atoms with Crippen LogP contribution in [-0.2, 0) is 9.47 Å². The van der Waals surface area contributed by atoms with E-state index in [1.807, 2.05) is 41.3 Å². The van der Waals surface area contributed by atoms with Gasteiger partial charge in [-0.15, -0.1) is 0 Å². The molecule has 1 aromatic carbocycles. The van der Waals surface area contributed by atoms with Gasteiger partial charge in [-0.25, -0.2) is 4.98 Å². The molecule has 1 unspecified atom stereocenters. The van der Waals surface area contributed by atoms with Gasteiger partial charge in [-0.2, -0.15) is 0 Å². The lowest BCUT2D eigenvalue weighted by Gasteiger charge is -2.45. The SMILES string of the molecule is COC1CCOC2(CCN(C(=O)c3ccc4ccccc4n3)CC2)C1. The molecule has 0 aliphatic carbocycles. The Bertz CT molecular complexity index is 768. The van der Waals surface area contributed by atoms with E-state index in [2.05, 4.69) is 4.98 Å². The minimum atomic E-state index is -0.119. The molecule has 1 spiro atoms. The van der Waals surface area contributed by atoms with Crippen LogP contribution in [0.5, 0.6) is 0 Å². The number of amides is 1. The van der Waals surface area contributed by atoms with Gasteiger partial charge in [0.25, 0.3) is 5.91 Å². The van der Waals surface area contributed by atoms with Crippen molar-refractivity contribution >= 4 is 16.8 Å². The third kappa shape index (κ3) is 3.26. The Morgan fingerprint density at radius 2 is 2.04 bits per heavy atom. The number of methoxy groups -OCH3 is 1. The van der Waals surface area contributed by atoms with Crippen LogP contribution in [0.2, 0.25) is 0 Å². The summed E-state index contributed by atoms with van der Waals surface area (Å²) in [5, 5.41) is 1.05. The van der Waals surface area contributed by atoms with Crippen LogP contribution in [0.3, 0.4) is 0 Å². The highest BCUT2D eigenvalue weighted by Crippen LogP contribution is 2.36. The van der Waals surface area contributed by atoms with E-state index in [1.54, 1.807) is 7.11 Å². The van der Waals surface area contributed by atoms with Crippen LogP contribution in [0.4, 0.5) is 0 Å². The normalized spacial score (nSPS) is 23.1. The average Bonchev–Trinajstić information content (AvgIpc) is 2.68. The summed E-state index contributed by atoms with van der Waals surface area (Å²) in [6.07, 6.45) is 3.90. The van der Waals surface area contributed by atoms with Crippen molar-refractivity contribution in [3.05, 3.63) is 42.1 Å². The molecule has 2 aliphatic heterocycles. The van der Waals surface area contributed by atoms with Gasteiger partial charge in [0.05, 0.1) is 17.2 Å². The second kappa shape index (κ2) is 6.73. The summed E-state index contributed by atoms with van der Waals surface area (Å²) in [6.45, 7) is 2.17. The number of para-hydroxylation sites is 1. The van der Waals surface area contributed by atoms with Gasteiger partial charge in [0.1, 0.15) is 5.69 Å². The molecular weight excluding hydrogens is 316 g/mol. The smallest absolute Gasteiger partial charge is 0.272 e. The standard InChI is InChI=1S/C20H24N2O3/c1-24-16-8-13-25-20(14-16)9-11-22(12-10-20)19(23)18-7-6-15-4-2-3-5-17(15)21-18/h2-7,16H,8-14H2,1H3. The zero-order valence-corrected chi connectivity index (χ0v) is 14.6. The largest absolute Gasteiger partial charge is 0.381 e. The van der Waals surface area contributed by atoms with Crippen molar-refractivity contribution in [3.8, 4) is 0 Å². The number of carbonyl (C=O) groups is 1. The molecule has 132 valence electrons. The Kier molecular flexibility index (Phi) is 4.44. The molecule has 0 N–H and O–H groups in total. The molecule has 5 nitrogen and oxygen atoms in total. The number of piperidine rings is 1. The Labute approximate surface area is 147 Å². The maximum absolute atomic E-state index is 12.8. The molecule has 2 saturated heterocycles. The number of fused-ring (bicyclic) bond motifs is 1. The maximum Gasteiger partial charge on any atom is 0.272 e. The van der Waals surface area contributed by atoms with Crippen molar-refractivity contribution in [2.75, 3.05) is 26.8 Å². The molecule has 2 fully saturated rings. The van der Waals surface area contributed by atoms with Crippen LogP contribution in [0.25, 0.3) is 10.9 Å². The molecule has 1 atom stereocenters. The van der Waals surface area contributed by atoms with E-state index in [1.165, 1.54) is 0 Å². The van der Waals surface area contributed by atoms with Crippen molar-refractivity contribution in [2.24, 2.45) is 0 Å². The third-order valence-electron chi connectivity index (χ3n) is 5.56. The fourth-order valence-corrected chi connectivity index (χ4v) is 4.00. The fraction of sp³-hybridized carbons (Fsp3) is 0.500. The summed E-state index contributed by atoms with van der Waals surface area (Å²) in [7, 11) is 1.77. The zero-order chi connectivity index (χ0) is 17.3. The van der Waals surface area contributed by atoms with E-state index in [0.717, 1.165) is 43.2 Å². The highest BCUT2D eigenvalue weighted by Gasteiger charge is 2.41. The van der Waals surface area contributed by atoms with Crippen molar-refractivity contribution in [1.82, 2.24) is 9.88 Å². The fourth-order valence-electron chi connectivity index (χ4n) is 4.00. The average molecular weight is 340 g/mol. The lowest BCUT2D eigenvalue weighted by Crippen LogP contribution is -2.52. The van der Waals surface area contributed by atoms with Crippen LogP contribution in [0.15, 0.2) is 36.4 Å². The summed E-state index contributed by atoms with van der Waals surface area (Å²) < 4.78 is 11.6. The highest BCUT2D eigenvalue weighted by molar-refractivity contribution is 5.95.